The summed E-state index contributed by atoms with van der Waals surface area (Å²) in [6.07, 6.45) is 0. The van der Waals surface area contributed by atoms with Gasteiger partial charge in [-0.1, -0.05) is 48.5 Å². The molecular formula is C18H16FNO3S. The number of nitrogens with one attached hydrogen (secondary N) is 1. The van der Waals surface area contributed by atoms with Gasteiger partial charge in [-0.2, -0.15) is 0 Å². The van der Waals surface area contributed by atoms with Crippen molar-refractivity contribution in [1.29, 1.82) is 0 Å². The van der Waals surface area contributed by atoms with E-state index in [9.17, 15) is 12.8 Å². The van der Waals surface area contributed by atoms with Crippen LogP contribution in [0.15, 0.2) is 71.6 Å². The van der Waals surface area contributed by atoms with Crippen LogP contribution in [0.5, 0.6) is 5.75 Å². The Morgan fingerprint density at radius 2 is 1.62 bits per heavy atom. The Balaban J connectivity index is 1.64. The van der Waals surface area contributed by atoms with Crippen molar-refractivity contribution < 1.29 is 17.5 Å². The van der Waals surface area contributed by atoms with Gasteiger partial charge < -0.3 is 4.74 Å². The van der Waals surface area contributed by atoms with Gasteiger partial charge in [-0.25, -0.2) is 17.5 Å². The van der Waals surface area contributed by atoms with Crippen LogP contribution in [0, 0.1) is 5.82 Å². The minimum Gasteiger partial charge on any atom is -0.492 e. The lowest BCUT2D eigenvalue weighted by atomic mass is 10.1. The molecule has 0 atom stereocenters. The fraction of sp³-hybridized carbons (Fsp3) is 0.111. The van der Waals surface area contributed by atoms with Crippen molar-refractivity contribution in [2.75, 3.05) is 13.2 Å². The van der Waals surface area contributed by atoms with Gasteiger partial charge in [0.2, 0.25) is 10.0 Å². The van der Waals surface area contributed by atoms with E-state index in [-0.39, 0.29) is 18.0 Å². The monoisotopic (exact) mass is 345 g/mol. The Hall–Kier alpha value is -2.44. The molecule has 124 valence electrons. The van der Waals surface area contributed by atoms with E-state index in [1.54, 1.807) is 0 Å². The molecule has 0 unspecified atom stereocenters. The summed E-state index contributed by atoms with van der Waals surface area (Å²) in [4.78, 5) is -0.366. The van der Waals surface area contributed by atoms with Crippen LogP contribution in [-0.4, -0.2) is 21.6 Å². The molecular weight excluding hydrogens is 329 g/mol. The van der Waals surface area contributed by atoms with Gasteiger partial charge in [0, 0.05) is 11.9 Å². The van der Waals surface area contributed by atoms with Gasteiger partial charge >= 0.3 is 0 Å². The predicted octanol–water partition coefficient (Wildman–Crippen LogP) is 3.34. The molecule has 3 aromatic carbocycles. The van der Waals surface area contributed by atoms with Crippen molar-refractivity contribution >= 4 is 20.8 Å². The SMILES string of the molecule is O=S(=O)(NCCOc1cccc2ccccc12)c1ccccc1F. The zero-order valence-electron chi connectivity index (χ0n) is 12.8. The lowest BCUT2D eigenvalue weighted by molar-refractivity contribution is 0.326. The highest BCUT2D eigenvalue weighted by atomic mass is 32.2. The number of benzene rings is 3. The van der Waals surface area contributed by atoms with Gasteiger partial charge in [-0.3, -0.25) is 0 Å². The van der Waals surface area contributed by atoms with Crippen molar-refractivity contribution in [3.05, 3.63) is 72.5 Å². The Morgan fingerprint density at radius 1 is 0.917 bits per heavy atom. The maximum atomic E-state index is 13.6. The normalized spacial score (nSPS) is 11.5. The minimum absolute atomic E-state index is 0.0416. The molecule has 0 aromatic heterocycles. The molecule has 0 saturated heterocycles. The van der Waals surface area contributed by atoms with E-state index in [1.165, 1.54) is 18.2 Å². The molecule has 0 bridgehead atoms. The summed E-state index contributed by atoms with van der Waals surface area (Å²) in [5.41, 5.74) is 0. The quantitative estimate of drug-likeness (QED) is 0.697. The first kappa shape index (κ1) is 16.4. The van der Waals surface area contributed by atoms with Crippen LogP contribution in [0.3, 0.4) is 0 Å². The smallest absolute Gasteiger partial charge is 0.243 e. The zero-order valence-corrected chi connectivity index (χ0v) is 13.6. The van der Waals surface area contributed by atoms with Gasteiger partial charge in [-0.05, 0) is 23.6 Å². The standard InChI is InChI=1S/C18H16FNO3S/c19-16-9-3-4-11-18(16)24(21,22)20-12-13-23-17-10-5-7-14-6-1-2-8-15(14)17/h1-11,20H,12-13H2. The van der Waals surface area contributed by atoms with Crippen LogP contribution < -0.4 is 9.46 Å². The highest BCUT2D eigenvalue weighted by molar-refractivity contribution is 7.89. The van der Waals surface area contributed by atoms with Crippen molar-refractivity contribution in [1.82, 2.24) is 4.72 Å². The average Bonchev–Trinajstić information content (AvgIpc) is 2.59. The molecule has 6 heteroatoms. The molecule has 0 fully saturated rings. The number of rotatable bonds is 6. The van der Waals surface area contributed by atoms with Crippen molar-refractivity contribution in [3.8, 4) is 5.75 Å². The van der Waals surface area contributed by atoms with Gasteiger partial charge in [0.15, 0.2) is 0 Å². The summed E-state index contributed by atoms with van der Waals surface area (Å²) in [7, 11) is -3.89. The Bertz CT molecular complexity index is 952. The molecule has 0 spiro atoms. The summed E-state index contributed by atoms with van der Waals surface area (Å²) in [6.45, 7) is 0.182. The largest absolute Gasteiger partial charge is 0.492 e. The van der Waals surface area contributed by atoms with Crippen LogP contribution in [0.4, 0.5) is 4.39 Å². The topological polar surface area (TPSA) is 55.4 Å². The number of fused-ring (bicyclic) bond motifs is 1. The van der Waals surface area contributed by atoms with E-state index in [0.29, 0.717) is 5.75 Å². The Labute approximate surface area is 139 Å². The van der Waals surface area contributed by atoms with Crippen LogP contribution in [0.2, 0.25) is 0 Å². The summed E-state index contributed by atoms with van der Waals surface area (Å²) in [5.74, 6) is -0.0989. The van der Waals surface area contributed by atoms with Crippen molar-refractivity contribution in [2.45, 2.75) is 4.90 Å². The summed E-state index contributed by atoms with van der Waals surface area (Å²) in [6, 6.07) is 18.7. The molecule has 0 aliphatic carbocycles. The second-order valence-corrected chi connectivity index (χ2v) is 6.89. The second-order valence-electron chi connectivity index (χ2n) is 5.15. The van der Waals surface area contributed by atoms with Crippen LogP contribution >= 0.6 is 0 Å². The zero-order chi connectivity index (χ0) is 17.0. The maximum absolute atomic E-state index is 13.6. The van der Waals surface area contributed by atoms with E-state index in [1.807, 2.05) is 42.5 Å². The number of sulfonamides is 1. The molecule has 0 amide bonds. The molecule has 1 N–H and O–H groups in total. The van der Waals surface area contributed by atoms with E-state index in [2.05, 4.69) is 4.72 Å². The Kier molecular flexibility index (Phi) is 4.78. The van der Waals surface area contributed by atoms with Crippen LogP contribution in [0.25, 0.3) is 10.8 Å². The highest BCUT2D eigenvalue weighted by Crippen LogP contribution is 2.24. The van der Waals surface area contributed by atoms with Gasteiger partial charge in [0.1, 0.15) is 23.1 Å². The summed E-state index contributed by atoms with van der Waals surface area (Å²) < 4.78 is 45.7. The first-order chi connectivity index (χ1) is 11.6. The molecule has 3 rings (SSSR count). The molecule has 0 radical (unpaired) electrons. The number of halogens is 1. The third-order valence-corrected chi connectivity index (χ3v) is 5.02. The predicted molar refractivity (Wildman–Crippen MR) is 91.0 cm³/mol. The molecule has 3 aromatic rings. The van der Waals surface area contributed by atoms with E-state index >= 15 is 0 Å². The van der Waals surface area contributed by atoms with Gasteiger partial charge in [0.25, 0.3) is 0 Å². The van der Waals surface area contributed by atoms with E-state index < -0.39 is 15.8 Å². The summed E-state index contributed by atoms with van der Waals surface area (Å²) in [5, 5.41) is 2.00. The minimum atomic E-state index is -3.89. The molecule has 0 aliphatic rings. The average molecular weight is 345 g/mol. The van der Waals surface area contributed by atoms with Crippen molar-refractivity contribution in [2.24, 2.45) is 0 Å². The lowest BCUT2D eigenvalue weighted by Gasteiger charge is -2.11. The van der Waals surface area contributed by atoms with Gasteiger partial charge in [-0.15, -0.1) is 0 Å². The number of hydrogen-bond donors (Lipinski definition) is 1. The van der Waals surface area contributed by atoms with Crippen LogP contribution in [0.1, 0.15) is 0 Å². The summed E-state index contributed by atoms with van der Waals surface area (Å²) >= 11 is 0. The van der Waals surface area contributed by atoms with Crippen LogP contribution in [-0.2, 0) is 10.0 Å². The third-order valence-electron chi connectivity index (χ3n) is 3.53. The van der Waals surface area contributed by atoms with Gasteiger partial charge in [0.05, 0.1) is 0 Å². The molecule has 0 aliphatic heterocycles. The van der Waals surface area contributed by atoms with Crippen molar-refractivity contribution in [3.63, 3.8) is 0 Å². The fourth-order valence-corrected chi connectivity index (χ4v) is 3.49. The lowest BCUT2D eigenvalue weighted by Crippen LogP contribution is -2.29. The second kappa shape index (κ2) is 6.98. The molecule has 0 heterocycles. The number of hydrogen-bond acceptors (Lipinski definition) is 3. The fourth-order valence-electron chi connectivity index (χ4n) is 2.40. The third kappa shape index (κ3) is 3.55. The maximum Gasteiger partial charge on any atom is 0.243 e. The Morgan fingerprint density at radius 3 is 2.46 bits per heavy atom. The molecule has 24 heavy (non-hydrogen) atoms. The number of ether oxygens (including phenoxy) is 1. The first-order valence-electron chi connectivity index (χ1n) is 7.43. The highest BCUT2D eigenvalue weighted by Gasteiger charge is 2.17. The molecule has 4 nitrogen and oxygen atoms in total. The first-order valence-corrected chi connectivity index (χ1v) is 8.91. The molecule has 0 saturated carbocycles. The van der Waals surface area contributed by atoms with E-state index in [0.717, 1.165) is 16.8 Å². The van der Waals surface area contributed by atoms with E-state index in [4.69, 9.17) is 4.74 Å².